The quantitative estimate of drug-likeness (QED) is 0.209. The summed E-state index contributed by atoms with van der Waals surface area (Å²) in [4.78, 5) is 29.1. The van der Waals surface area contributed by atoms with Crippen molar-refractivity contribution >= 4 is 40.6 Å². The summed E-state index contributed by atoms with van der Waals surface area (Å²) in [5.74, 6) is -1.88. The lowest BCUT2D eigenvalue weighted by molar-refractivity contribution is -0.115. The fraction of sp³-hybridized carbons (Fsp3) is 0.114. The summed E-state index contributed by atoms with van der Waals surface area (Å²) in [6.45, 7) is 1.70. The van der Waals surface area contributed by atoms with Crippen LogP contribution in [0.2, 0.25) is 0 Å². The van der Waals surface area contributed by atoms with E-state index in [2.05, 4.69) is 16.7 Å². The zero-order valence-electron chi connectivity index (χ0n) is 24.1. The number of para-hydroxylation sites is 4. The van der Waals surface area contributed by atoms with Gasteiger partial charge < -0.3 is 15.4 Å². The highest BCUT2D eigenvalue weighted by atomic mass is 32.2. The molecule has 0 bridgehead atoms. The standard InChI is InChI=1S/C35H29FN4O3S/c1-23-32(34(42)39-29-19-11-12-20-30(29)43-2)33(26-17-9-10-18-28(26)36)27(21-37)35(38-23)44-22-31(41)40(24-13-5-3-6-14-24)25-15-7-4-8-16-25/h3-20,33,38H,22H2,1-2H3,(H,39,42)/t33-/m1/s1. The molecule has 4 aromatic rings. The highest BCUT2D eigenvalue weighted by Crippen LogP contribution is 2.42. The average molecular weight is 605 g/mol. The number of nitrogens with one attached hydrogen (secondary N) is 2. The van der Waals surface area contributed by atoms with Crippen molar-refractivity contribution in [1.82, 2.24) is 5.32 Å². The van der Waals surface area contributed by atoms with Gasteiger partial charge >= 0.3 is 0 Å². The van der Waals surface area contributed by atoms with Gasteiger partial charge in [-0.2, -0.15) is 5.26 Å². The number of dihydropyridines is 1. The van der Waals surface area contributed by atoms with E-state index in [1.54, 1.807) is 54.3 Å². The smallest absolute Gasteiger partial charge is 0.254 e. The molecule has 1 heterocycles. The van der Waals surface area contributed by atoms with Crippen LogP contribution in [0.4, 0.5) is 21.5 Å². The first-order chi connectivity index (χ1) is 21.4. The number of anilines is 3. The Morgan fingerprint density at radius 1 is 0.932 bits per heavy atom. The van der Waals surface area contributed by atoms with Crippen LogP contribution in [-0.2, 0) is 9.59 Å². The number of hydrogen-bond donors (Lipinski definition) is 2. The van der Waals surface area contributed by atoms with E-state index in [1.807, 2.05) is 60.7 Å². The third-order valence-electron chi connectivity index (χ3n) is 7.08. The van der Waals surface area contributed by atoms with Crippen molar-refractivity contribution in [3.63, 3.8) is 0 Å². The van der Waals surface area contributed by atoms with E-state index in [0.717, 1.165) is 11.8 Å². The van der Waals surface area contributed by atoms with Gasteiger partial charge in [-0.25, -0.2) is 4.39 Å². The second kappa shape index (κ2) is 13.8. The molecule has 2 amide bonds. The number of benzene rings is 4. The molecule has 9 heteroatoms. The highest BCUT2D eigenvalue weighted by Gasteiger charge is 2.36. The minimum Gasteiger partial charge on any atom is -0.495 e. The third kappa shape index (κ3) is 6.36. The van der Waals surface area contributed by atoms with Crippen LogP contribution in [0.25, 0.3) is 0 Å². The van der Waals surface area contributed by atoms with Crippen LogP contribution in [0.5, 0.6) is 5.75 Å². The van der Waals surface area contributed by atoms with E-state index in [1.165, 1.54) is 13.2 Å². The van der Waals surface area contributed by atoms with Crippen LogP contribution in [-0.4, -0.2) is 24.7 Å². The van der Waals surface area contributed by atoms with Gasteiger partial charge in [0.25, 0.3) is 5.91 Å². The Morgan fingerprint density at radius 3 is 2.14 bits per heavy atom. The molecular weight excluding hydrogens is 575 g/mol. The number of thioether (sulfide) groups is 1. The first kappa shape index (κ1) is 30.1. The van der Waals surface area contributed by atoms with Crippen LogP contribution >= 0.6 is 11.8 Å². The fourth-order valence-corrected chi connectivity index (χ4v) is 6.02. The Bertz CT molecular complexity index is 1750. The van der Waals surface area contributed by atoms with Crippen LogP contribution in [0.15, 0.2) is 131 Å². The second-order valence-electron chi connectivity index (χ2n) is 9.82. The zero-order chi connectivity index (χ0) is 31.1. The van der Waals surface area contributed by atoms with E-state index in [4.69, 9.17) is 4.74 Å². The van der Waals surface area contributed by atoms with Gasteiger partial charge in [-0.3, -0.25) is 14.5 Å². The van der Waals surface area contributed by atoms with Gasteiger partial charge in [0.05, 0.1) is 41.1 Å². The molecule has 0 aliphatic carbocycles. The van der Waals surface area contributed by atoms with E-state index >= 15 is 4.39 Å². The molecule has 0 unspecified atom stereocenters. The van der Waals surface area contributed by atoms with Crippen molar-refractivity contribution in [2.75, 3.05) is 23.1 Å². The maximum absolute atomic E-state index is 15.3. The maximum Gasteiger partial charge on any atom is 0.254 e. The highest BCUT2D eigenvalue weighted by molar-refractivity contribution is 8.03. The molecule has 0 saturated carbocycles. The molecule has 0 spiro atoms. The van der Waals surface area contributed by atoms with E-state index < -0.39 is 17.6 Å². The molecule has 220 valence electrons. The lowest BCUT2D eigenvalue weighted by Gasteiger charge is -2.30. The molecule has 7 nitrogen and oxygen atoms in total. The summed E-state index contributed by atoms with van der Waals surface area (Å²) in [6, 6.07) is 33.8. The fourth-order valence-electron chi connectivity index (χ4n) is 5.07. The van der Waals surface area contributed by atoms with Gasteiger partial charge in [0.1, 0.15) is 11.6 Å². The Hall–Kier alpha value is -5.33. The molecule has 1 atom stereocenters. The van der Waals surface area contributed by atoms with Crippen LogP contribution in [0.3, 0.4) is 0 Å². The SMILES string of the molecule is COc1ccccc1NC(=O)C1=C(C)NC(SCC(=O)N(c2ccccc2)c2ccccc2)=C(C#N)[C@H]1c1ccccc1F. The van der Waals surface area contributed by atoms with Crippen molar-refractivity contribution in [2.45, 2.75) is 12.8 Å². The summed E-state index contributed by atoms with van der Waals surface area (Å²) in [6.07, 6.45) is 0. The van der Waals surface area contributed by atoms with Crippen LogP contribution in [0, 0.1) is 17.1 Å². The summed E-state index contributed by atoms with van der Waals surface area (Å²) >= 11 is 1.13. The number of halogens is 1. The van der Waals surface area contributed by atoms with Crippen molar-refractivity contribution < 1.29 is 18.7 Å². The van der Waals surface area contributed by atoms with Gasteiger partial charge in [0.2, 0.25) is 5.91 Å². The largest absolute Gasteiger partial charge is 0.495 e. The Balaban J connectivity index is 1.49. The van der Waals surface area contributed by atoms with Crippen LogP contribution in [0.1, 0.15) is 18.4 Å². The van der Waals surface area contributed by atoms with E-state index in [0.29, 0.717) is 33.5 Å². The Morgan fingerprint density at radius 2 is 1.52 bits per heavy atom. The number of hydrogen-bond acceptors (Lipinski definition) is 6. The van der Waals surface area contributed by atoms with Gasteiger partial charge in [0, 0.05) is 28.2 Å². The minimum atomic E-state index is -1.02. The number of methoxy groups -OCH3 is 1. The molecule has 1 aliphatic heterocycles. The van der Waals surface area contributed by atoms with Crippen molar-refractivity contribution in [2.24, 2.45) is 0 Å². The monoisotopic (exact) mass is 604 g/mol. The zero-order valence-corrected chi connectivity index (χ0v) is 24.9. The summed E-state index contributed by atoms with van der Waals surface area (Å²) in [7, 11) is 1.50. The molecule has 0 aromatic heterocycles. The second-order valence-corrected chi connectivity index (χ2v) is 10.8. The molecule has 2 N–H and O–H groups in total. The Labute approximate surface area is 259 Å². The normalized spacial score (nSPS) is 14.4. The minimum absolute atomic E-state index is 0.0304. The summed E-state index contributed by atoms with van der Waals surface area (Å²) in [5, 5.41) is 16.8. The third-order valence-corrected chi connectivity index (χ3v) is 8.08. The number of allylic oxidation sites excluding steroid dienone is 2. The van der Waals surface area contributed by atoms with Crippen LogP contribution < -0.4 is 20.3 Å². The van der Waals surface area contributed by atoms with Gasteiger partial charge in [-0.1, -0.05) is 78.5 Å². The predicted molar refractivity (Wildman–Crippen MR) is 172 cm³/mol. The first-order valence-electron chi connectivity index (χ1n) is 13.8. The molecule has 0 saturated heterocycles. The van der Waals surface area contributed by atoms with Crippen molar-refractivity contribution in [3.05, 3.63) is 142 Å². The molecule has 5 rings (SSSR count). The van der Waals surface area contributed by atoms with Gasteiger partial charge in [0.15, 0.2) is 0 Å². The Kier molecular flexibility index (Phi) is 9.43. The first-order valence-corrected chi connectivity index (χ1v) is 14.8. The van der Waals surface area contributed by atoms with Gasteiger partial charge in [-0.05, 0) is 49.4 Å². The lowest BCUT2D eigenvalue weighted by Crippen LogP contribution is -2.32. The number of rotatable bonds is 9. The summed E-state index contributed by atoms with van der Waals surface area (Å²) in [5.41, 5.74) is 2.76. The number of ether oxygens (including phenoxy) is 1. The van der Waals surface area contributed by atoms with Crippen molar-refractivity contribution in [1.29, 1.82) is 5.26 Å². The predicted octanol–water partition coefficient (Wildman–Crippen LogP) is 7.27. The molecule has 4 aromatic carbocycles. The summed E-state index contributed by atoms with van der Waals surface area (Å²) < 4.78 is 20.7. The lowest BCUT2D eigenvalue weighted by atomic mass is 9.82. The molecule has 44 heavy (non-hydrogen) atoms. The van der Waals surface area contributed by atoms with Gasteiger partial charge in [-0.15, -0.1) is 0 Å². The topological polar surface area (TPSA) is 94.5 Å². The number of carbonyl (C=O) groups is 2. The average Bonchev–Trinajstić information content (AvgIpc) is 3.05. The number of nitriles is 1. The van der Waals surface area contributed by atoms with E-state index in [9.17, 15) is 14.9 Å². The maximum atomic E-state index is 15.3. The van der Waals surface area contributed by atoms with E-state index in [-0.39, 0.29) is 28.4 Å². The molecule has 0 radical (unpaired) electrons. The molecular formula is C35H29FN4O3S. The number of amides is 2. The number of nitrogens with zero attached hydrogens (tertiary/aromatic N) is 2. The molecule has 0 fully saturated rings. The number of carbonyl (C=O) groups excluding carboxylic acids is 2. The molecule has 1 aliphatic rings. The van der Waals surface area contributed by atoms with Crippen molar-refractivity contribution in [3.8, 4) is 11.8 Å².